The fourth-order valence-corrected chi connectivity index (χ4v) is 4.56. The van der Waals surface area contributed by atoms with Gasteiger partial charge in [0.1, 0.15) is 6.10 Å². The second-order valence-corrected chi connectivity index (χ2v) is 8.82. The molecule has 0 radical (unpaired) electrons. The van der Waals surface area contributed by atoms with Crippen molar-refractivity contribution in [3.63, 3.8) is 0 Å². The van der Waals surface area contributed by atoms with Gasteiger partial charge in [-0.1, -0.05) is 27.2 Å². The predicted octanol–water partition coefficient (Wildman–Crippen LogP) is 4.19. The first-order chi connectivity index (χ1) is 12.9. The van der Waals surface area contributed by atoms with Crippen molar-refractivity contribution >= 4 is 11.8 Å². The summed E-state index contributed by atoms with van der Waals surface area (Å²) in [5, 5.41) is 0. The number of hydrogen-bond donors (Lipinski definition) is 0. The number of esters is 1. The maximum absolute atomic E-state index is 12.5. The van der Waals surface area contributed by atoms with Crippen LogP contribution in [0.25, 0.3) is 0 Å². The van der Waals surface area contributed by atoms with Gasteiger partial charge >= 0.3 is 5.97 Å². The highest BCUT2D eigenvalue weighted by atomic mass is 16.7. The zero-order valence-corrected chi connectivity index (χ0v) is 16.9. The summed E-state index contributed by atoms with van der Waals surface area (Å²) in [6.07, 6.45) is 7.87. The average molecular weight is 379 g/mol. The summed E-state index contributed by atoms with van der Waals surface area (Å²) in [6.45, 7) is 7.32. The number of carbonyl (C=O) groups is 2. The van der Waals surface area contributed by atoms with E-state index >= 15 is 0 Å². The molecule has 5 nitrogen and oxygen atoms in total. The Kier molecular flexibility index (Phi) is 7.10. The Balaban J connectivity index is 1.53. The highest BCUT2D eigenvalue weighted by molar-refractivity contribution is 6.01. The van der Waals surface area contributed by atoms with Crippen molar-refractivity contribution < 1.29 is 23.8 Å². The fraction of sp³-hybridized carbons (Fsp3) is 0.818. The maximum atomic E-state index is 12.5. The van der Waals surface area contributed by atoms with Crippen LogP contribution in [0.4, 0.5) is 0 Å². The van der Waals surface area contributed by atoms with Gasteiger partial charge in [-0.25, -0.2) is 0 Å². The molecule has 1 saturated carbocycles. The van der Waals surface area contributed by atoms with Crippen molar-refractivity contribution in [2.75, 3.05) is 6.61 Å². The van der Waals surface area contributed by atoms with Gasteiger partial charge in [0.05, 0.1) is 12.5 Å². The molecule has 1 saturated heterocycles. The number of ketones is 1. The quantitative estimate of drug-likeness (QED) is 0.649. The molecule has 27 heavy (non-hydrogen) atoms. The van der Waals surface area contributed by atoms with Crippen molar-refractivity contribution in [3.05, 3.63) is 11.6 Å². The first kappa shape index (κ1) is 20.5. The number of carbonyl (C=O) groups excluding carboxylic acids is 2. The summed E-state index contributed by atoms with van der Waals surface area (Å²) in [6, 6.07) is 0. The standard InChI is InChI=1S/C22H34O5/c1-14(2)18-8-7-15(3)10-20(18)27-21(24)12-16-11-17(13-19(16)23)26-22-6-4-5-9-25-22/h11,14-15,17-18,20,22H,4-10,12-13H2,1-3H3/t15-,17-,18+,20?,22?/m1/s1. The van der Waals surface area contributed by atoms with Crippen LogP contribution >= 0.6 is 0 Å². The second-order valence-electron chi connectivity index (χ2n) is 8.82. The van der Waals surface area contributed by atoms with Crippen LogP contribution in [-0.4, -0.2) is 36.9 Å². The number of Topliss-reactive ketones (excluding diaryl/α,β-unsaturated/α-hetero) is 1. The Hall–Kier alpha value is -1.20. The van der Waals surface area contributed by atoms with Gasteiger partial charge in [0.2, 0.25) is 0 Å². The van der Waals surface area contributed by atoms with Crippen LogP contribution in [0.1, 0.15) is 72.1 Å². The zero-order valence-electron chi connectivity index (χ0n) is 16.9. The third kappa shape index (κ3) is 5.64. The van der Waals surface area contributed by atoms with Gasteiger partial charge in [0.15, 0.2) is 12.1 Å². The molecule has 5 heteroatoms. The van der Waals surface area contributed by atoms with E-state index in [9.17, 15) is 9.59 Å². The van der Waals surface area contributed by atoms with E-state index in [-0.39, 0.29) is 36.7 Å². The highest BCUT2D eigenvalue weighted by Gasteiger charge is 2.35. The second kappa shape index (κ2) is 9.33. The Morgan fingerprint density at radius 2 is 2.07 bits per heavy atom. The van der Waals surface area contributed by atoms with Crippen molar-refractivity contribution in [2.24, 2.45) is 17.8 Å². The molecule has 0 amide bonds. The smallest absolute Gasteiger partial charge is 0.310 e. The van der Waals surface area contributed by atoms with Gasteiger partial charge in [-0.3, -0.25) is 9.59 Å². The van der Waals surface area contributed by atoms with E-state index in [0.29, 0.717) is 36.4 Å². The minimum absolute atomic E-state index is 0.00909. The first-order valence-corrected chi connectivity index (χ1v) is 10.6. The fourth-order valence-electron chi connectivity index (χ4n) is 4.56. The van der Waals surface area contributed by atoms with Crippen molar-refractivity contribution in [2.45, 2.75) is 90.6 Å². The van der Waals surface area contributed by atoms with Crippen LogP contribution in [0, 0.1) is 17.8 Å². The lowest BCUT2D eigenvalue weighted by atomic mass is 9.75. The Bertz CT molecular complexity index is 561. The van der Waals surface area contributed by atoms with Crippen LogP contribution in [0.3, 0.4) is 0 Å². The van der Waals surface area contributed by atoms with Crippen LogP contribution in [0.5, 0.6) is 0 Å². The first-order valence-electron chi connectivity index (χ1n) is 10.6. The van der Waals surface area contributed by atoms with Crippen LogP contribution in [0.2, 0.25) is 0 Å². The van der Waals surface area contributed by atoms with Gasteiger partial charge in [-0.05, 0) is 55.9 Å². The molecule has 0 bridgehead atoms. The van der Waals surface area contributed by atoms with Crippen molar-refractivity contribution in [3.8, 4) is 0 Å². The minimum Gasteiger partial charge on any atom is -0.462 e. The normalized spacial score (nSPS) is 34.6. The molecule has 2 aliphatic carbocycles. The monoisotopic (exact) mass is 378 g/mol. The molecule has 2 fully saturated rings. The largest absolute Gasteiger partial charge is 0.462 e. The lowest BCUT2D eigenvalue weighted by Crippen LogP contribution is -2.36. The highest BCUT2D eigenvalue weighted by Crippen LogP contribution is 2.36. The molecule has 0 aromatic carbocycles. The van der Waals surface area contributed by atoms with E-state index in [1.54, 1.807) is 6.08 Å². The molecular formula is C22H34O5. The van der Waals surface area contributed by atoms with Crippen LogP contribution < -0.4 is 0 Å². The van der Waals surface area contributed by atoms with E-state index in [2.05, 4.69) is 20.8 Å². The molecule has 0 aromatic heterocycles. The third-order valence-electron chi connectivity index (χ3n) is 6.18. The van der Waals surface area contributed by atoms with E-state index in [0.717, 1.165) is 32.1 Å². The van der Waals surface area contributed by atoms with E-state index in [1.807, 2.05) is 0 Å². The van der Waals surface area contributed by atoms with Crippen LogP contribution in [0.15, 0.2) is 11.6 Å². The van der Waals surface area contributed by atoms with Crippen LogP contribution in [-0.2, 0) is 23.8 Å². The molecule has 3 aliphatic rings. The van der Waals surface area contributed by atoms with E-state index in [1.165, 1.54) is 6.42 Å². The molecule has 3 rings (SSSR count). The van der Waals surface area contributed by atoms with E-state index in [4.69, 9.17) is 14.2 Å². The summed E-state index contributed by atoms with van der Waals surface area (Å²) in [4.78, 5) is 24.8. The Morgan fingerprint density at radius 1 is 1.26 bits per heavy atom. The maximum Gasteiger partial charge on any atom is 0.310 e. The summed E-state index contributed by atoms with van der Waals surface area (Å²) < 4.78 is 17.3. The molecule has 0 N–H and O–H groups in total. The lowest BCUT2D eigenvalue weighted by Gasteiger charge is -2.36. The molecular weight excluding hydrogens is 344 g/mol. The topological polar surface area (TPSA) is 61.8 Å². The Morgan fingerprint density at radius 3 is 2.78 bits per heavy atom. The zero-order chi connectivity index (χ0) is 19.4. The molecule has 0 aromatic rings. The van der Waals surface area contributed by atoms with Gasteiger partial charge < -0.3 is 14.2 Å². The predicted molar refractivity (Wildman–Crippen MR) is 102 cm³/mol. The molecule has 2 unspecified atom stereocenters. The number of ether oxygens (including phenoxy) is 3. The molecule has 152 valence electrons. The number of hydrogen-bond acceptors (Lipinski definition) is 5. The van der Waals surface area contributed by atoms with Gasteiger partial charge in [-0.2, -0.15) is 0 Å². The molecule has 5 atom stereocenters. The summed E-state index contributed by atoms with van der Waals surface area (Å²) >= 11 is 0. The summed E-state index contributed by atoms with van der Waals surface area (Å²) in [5.41, 5.74) is 0.533. The molecule has 1 aliphatic heterocycles. The number of rotatable bonds is 6. The van der Waals surface area contributed by atoms with Gasteiger partial charge in [0.25, 0.3) is 0 Å². The third-order valence-corrected chi connectivity index (χ3v) is 6.18. The van der Waals surface area contributed by atoms with Gasteiger partial charge in [0, 0.05) is 18.6 Å². The van der Waals surface area contributed by atoms with Crippen molar-refractivity contribution in [1.29, 1.82) is 0 Å². The average Bonchev–Trinajstić information content (AvgIpc) is 2.94. The SMILES string of the molecule is CC(C)[C@@H]1CC[C@@H](C)CC1OC(=O)CC1=C[C@@H](OC2CCCCO2)CC1=O. The van der Waals surface area contributed by atoms with Gasteiger partial charge in [-0.15, -0.1) is 0 Å². The Labute approximate surface area is 162 Å². The minimum atomic E-state index is -0.283. The lowest BCUT2D eigenvalue weighted by molar-refractivity contribution is -0.178. The molecule has 0 spiro atoms. The summed E-state index contributed by atoms with van der Waals surface area (Å²) in [7, 11) is 0. The van der Waals surface area contributed by atoms with E-state index < -0.39 is 0 Å². The molecule has 1 heterocycles. The summed E-state index contributed by atoms with van der Waals surface area (Å²) in [5.74, 6) is 1.20. The van der Waals surface area contributed by atoms with Crippen molar-refractivity contribution in [1.82, 2.24) is 0 Å².